The number of quaternary nitrogens is 1. The molecule has 9 nitrogen and oxygen atoms in total. The Kier molecular flexibility index (Phi) is 47.8. The van der Waals surface area contributed by atoms with Gasteiger partial charge in [-0.1, -0.05) is 195 Å². The number of allylic oxidation sites excluding steroid dienone is 16. The van der Waals surface area contributed by atoms with Crippen LogP contribution >= 0.6 is 0 Å². The standard InChI is InChI=1S/C60H101NO8/c1-6-8-10-12-14-16-18-20-22-24-26-27-28-29-30-31-33-35-37-39-41-43-45-47-49-51-58(63)69-56(55-68-60(59(64)65)66-53-52-61(3,4)5)54-67-57(62)50-48-46-44-42-40-38-36-34-32-25-23-21-19-17-15-13-11-9-7-2/h8,10,14-17,20-23,26-27,29-30,33,35,56,60H,6-7,9,11-13,18-19,24-25,28,31-32,34,36-55H2,1-5H3/b10-8-,16-14-,17-15-,22-20-,23-21-,27-26-,30-29-,35-33-. The molecule has 0 saturated carbocycles. The van der Waals surface area contributed by atoms with E-state index in [2.05, 4.69) is 111 Å². The average molecular weight is 964 g/mol. The zero-order valence-electron chi connectivity index (χ0n) is 44.6. The third-order valence-electron chi connectivity index (χ3n) is 11.3. The van der Waals surface area contributed by atoms with Crippen LogP contribution in [0.4, 0.5) is 0 Å². The highest BCUT2D eigenvalue weighted by Gasteiger charge is 2.22. The molecule has 0 aliphatic heterocycles. The van der Waals surface area contributed by atoms with Crippen molar-refractivity contribution in [3.8, 4) is 0 Å². The van der Waals surface area contributed by atoms with E-state index in [1.165, 1.54) is 57.8 Å². The molecule has 0 spiro atoms. The number of unbranched alkanes of at least 4 members (excludes halogenated alkanes) is 18. The van der Waals surface area contributed by atoms with E-state index in [0.29, 0.717) is 17.4 Å². The summed E-state index contributed by atoms with van der Waals surface area (Å²) >= 11 is 0. The Balaban J connectivity index is 4.36. The van der Waals surface area contributed by atoms with Gasteiger partial charge in [0.15, 0.2) is 12.4 Å². The number of carbonyl (C=O) groups is 3. The topological polar surface area (TPSA) is 111 Å². The van der Waals surface area contributed by atoms with Gasteiger partial charge in [0.05, 0.1) is 40.3 Å². The lowest BCUT2D eigenvalue weighted by Gasteiger charge is -2.26. The number of likely N-dealkylation sites (N-methyl/N-ethyl adjacent to an activating group) is 1. The molecular formula is C60H101NO8. The predicted octanol–water partition coefficient (Wildman–Crippen LogP) is 14.4. The molecule has 0 aliphatic rings. The maximum atomic E-state index is 12.8. The highest BCUT2D eigenvalue weighted by Crippen LogP contribution is 2.14. The number of esters is 2. The minimum Gasteiger partial charge on any atom is -0.545 e. The Morgan fingerprint density at radius 2 is 0.826 bits per heavy atom. The Morgan fingerprint density at radius 1 is 0.449 bits per heavy atom. The lowest BCUT2D eigenvalue weighted by atomic mass is 10.1. The normalized spacial score (nSPS) is 13.6. The van der Waals surface area contributed by atoms with E-state index in [0.717, 1.165) is 116 Å². The molecule has 0 saturated heterocycles. The summed E-state index contributed by atoms with van der Waals surface area (Å²) in [7, 11) is 5.90. The molecule has 69 heavy (non-hydrogen) atoms. The van der Waals surface area contributed by atoms with Crippen molar-refractivity contribution >= 4 is 17.9 Å². The van der Waals surface area contributed by atoms with Crippen LogP contribution in [-0.4, -0.2) is 82.3 Å². The summed E-state index contributed by atoms with van der Waals surface area (Å²) in [4.78, 5) is 37.2. The second kappa shape index (κ2) is 50.6. The number of ether oxygens (including phenoxy) is 4. The molecule has 0 amide bonds. The fourth-order valence-corrected chi connectivity index (χ4v) is 7.10. The molecule has 0 rings (SSSR count). The zero-order chi connectivity index (χ0) is 50.6. The Bertz CT molecular complexity index is 1450. The summed E-state index contributed by atoms with van der Waals surface area (Å²) in [6.45, 7) is 4.57. The number of hydrogen-bond acceptors (Lipinski definition) is 8. The number of rotatable bonds is 49. The quantitative estimate of drug-likeness (QED) is 0.0195. The van der Waals surface area contributed by atoms with Crippen molar-refractivity contribution < 1.29 is 42.9 Å². The number of carboxylic acids is 1. The second-order valence-electron chi connectivity index (χ2n) is 19.1. The van der Waals surface area contributed by atoms with Gasteiger partial charge in [-0.2, -0.15) is 0 Å². The molecular weight excluding hydrogens is 863 g/mol. The van der Waals surface area contributed by atoms with Crippen molar-refractivity contribution in [3.05, 3.63) is 97.2 Å². The van der Waals surface area contributed by atoms with Crippen LogP contribution in [0, 0.1) is 0 Å². The van der Waals surface area contributed by atoms with Gasteiger partial charge in [-0.15, -0.1) is 0 Å². The molecule has 0 radical (unpaired) electrons. The predicted molar refractivity (Wildman–Crippen MR) is 287 cm³/mol. The van der Waals surface area contributed by atoms with Gasteiger partial charge >= 0.3 is 11.9 Å². The van der Waals surface area contributed by atoms with Crippen molar-refractivity contribution in [2.45, 2.75) is 219 Å². The lowest BCUT2D eigenvalue weighted by Crippen LogP contribution is -2.44. The van der Waals surface area contributed by atoms with Crippen LogP contribution in [0.15, 0.2) is 97.2 Å². The molecule has 0 aliphatic carbocycles. The highest BCUT2D eigenvalue weighted by atomic mass is 16.7. The van der Waals surface area contributed by atoms with E-state index in [4.69, 9.17) is 18.9 Å². The van der Waals surface area contributed by atoms with Crippen molar-refractivity contribution in [2.24, 2.45) is 0 Å². The van der Waals surface area contributed by atoms with Crippen LogP contribution in [-0.2, 0) is 33.3 Å². The van der Waals surface area contributed by atoms with Crippen LogP contribution in [0.5, 0.6) is 0 Å². The van der Waals surface area contributed by atoms with Crippen molar-refractivity contribution in [2.75, 3.05) is 47.5 Å². The van der Waals surface area contributed by atoms with E-state index >= 15 is 0 Å². The smallest absolute Gasteiger partial charge is 0.306 e. The Morgan fingerprint density at radius 3 is 1.23 bits per heavy atom. The molecule has 2 atom stereocenters. The van der Waals surface area contributed by atoms with Gasteiger partial charge < -0.3 is 33.3 Å². The lowest BCUT2D eigenvalue weighted by molar-refractivity contribution is -0.870. The summed E-state index contributed by atoms with van der Waals surface area (Å²) in [5, 5.41) is 11.8. The van der Waals surface area contributed by atoms with Crippen LogP contribution in [0.2, 0.25) is 0 Å². The van der Waals surface area contributed by atoms with E-state index in [9.17, 15) is 19.5 Å². The van der Waals surface area contributed by atoms with Gasteiger partial charge in [-0.25, -0.2) is 0 Å². The molecule has 0 N–H and O–H groups in total. The van der Waals surface area contributed by atoms with Crippen molar-refractivity contribution in [3.63, 3.8) is 0 Å². The highest BCUT2D eigenvalue weighted by molar-refractivity contribution is 5.70. The first-order chi connectivity index (χ1) is 33.6. The number of carbonyl (C=O) groups excluding carboxylic acids is 3. The first kappa shape index (κ1) is 65.2. The van der Waals surface area contributed by atoms with Crippen molar-refractivity contribution in [1.29, 1.82) is 0 Å². The molecule has 0 aromatic carbocycles. The molecule has 394 valence electrons. The monoisotopic (exact) mass is 964 g/mol. The second-order valence-corrected chi connectivity index (χ2v) is 19.1. The molecule has 9 heteroatoms. The summed E-state index contributed by atoms with van der Waals surface area (Å²) in [5.74, 6) is -2.32. The number of aliphatic carboxylic acids is 1. The van der Waals surface area contributed by atoms with Crippen LogP contribution in [0.3, 0.4) is 0 Å². The molecule has 0 fully saturated rings. The van der Waals surface area contributed by atoms with Gasteiger partial charge in [-0.05, 0) is 96.3 Å². The number of hydrogen-bond donors (Lipinski definition) is 0. The van der Waals surface area contributed by atoms with Gasteiger partial charge in [0, 0.05) is 12.8 Å². The van der Waals surface area contributed by atoms with Gasteiger partial charge in [0.25, 0.3) is 0 Å². The maximum absolute atomic E-state index is 12.8. The fourth-order valence-electron chi connectivity index (χ4n) is 7.10. The van der Waals surface area contributed by atoms with E-state index < -0.39 is 24.3 Å². The van der Waals surface area contributed by atoms with Gasteiger partial charge in [0.1, 0.15) is 13.2 Å². The third kappa shape index (κ3) is 51.9. The fraction of sp³-hybridized carbons (Fsp3) is 0.683. The Labute approximate surface area is 422 Å². The van der Waals surface area contributed by atoms with Crippen LogP contribution in [0.1, 0.15) is 206 Å². The average Bonchev–Trinajstić information content (AvgIpc) is 3.31. The zero-order valence-corrected chi connectivity index (χ0v) is 44.6. The van der Waals surface area contributed by atoms with E-state index in [-0.39, 0.29) is 38.6 Å². The summed E-state index contributed by atoms with van der Waals surface area (Å²) in [6.07, 6.45) is 64.4. The molecule has 0 aromatic heterocycles. The summed E-state index contributed by atoms with van der Waals surface area (Å²) in [6, 6.07) is 0. The van der Waals surface area contributed by atoms with Crippen molar-refractivity contribution in [1.82, 2.24) is 0 Å². The van der Waals surface area contributed by atoms with Gasteiger partial charge in [-0.3, -0.25) is 9.59 Å². The third-order valence-corrected chi connectivity index (χ3v) is 11.3. The van der Waals surface area contributed by atoms with Crippen LogP contribution < -0.4 is 5.11 Å². The first-order valence-corrected chi connectivity index (χ1v) is 27.4. The largest absolute Gasteiger partial charge is 0.545 e. The Hall–Kier alpha value is -3.79. The molecule has 0 aromatic rings. The maximum Gasteiger partial charge on any atom is 0.306 e. The molecule has 2 unspecified atom stereocenters. The van der Waals surface area contributed by atoms with Gasteiger partial charge in [0.2, 0.25) is 0 Å². The minimum atomic E-state index is -1.63. The SMILES string of the molecule is CC/C=C\C/C=C\C/C=C\C/C=C\C/C=C\C/C=C\CCCCCCCCC(=O)OC(COC(=O)CCCCCCCCCCC/C=C\C/C=C\CCCCC)COC(OCC[N+](C)(C)C)C(=O)[O-]. The number of nitrogens with zero attached hydrogens (tertiary/aromatic N) is 1. The summed E-state index contributed by atoms with van der Waals surface area (Å²) in [5.41, 5.74) is 0. The van der Waals surface area contributed by atoms with E-state index in [1.54, 1.807) is 0 Å². The summed E-state index contributed by atoms with van der Waals surface area (Å²) < 4.78 is 22.6. The van der Waals surface area contributed by atoms with E-state index in [1.807, 2.05) is 21.1 Å². The van der Waals surface area contributed by atoms with Crippen LogP contribution in [0.25, 0.3) is 0 Å². The number of carboxylic acid groups (broad SMARTS) is 1. The molecule has 0 heterocycles. The molecule has 0 bridgehead atoms. The minimum absolute atomic E-state index is 0.139. The first-order valence-electron chi connectivity index (χ1n) is 27.4.